The second-order valence-electron chi connectivity index (χ2n) is 5.36. The van der Waals surface area contributed by atoms with Crippen molar-refractivity contribution in [3.05, 3.63) is 10.6 Å². The van der Waals surface area contributed by atoms with Gasteiger partial charge in [0.1, 0.15) is 0 Å². The molecule has 0 aliphatic carbocycles. The van der Waals surface area contributed by atoms with Crippen LogP contribution in [0.3, 0.4) is 0 Å². The van der Waals surface area contributed by atoms with Crippen LogP contribution in [0.4, 0.5) is 5.95 Å². The zero-order chi connectivity index (χ0) is 13.4. The lowest BCUT2D eigenvalue weighted by atomic mass is 9.84. The topological polar surface area (TPSA) is 45.2 Å². The van der Waals surface area contributed by atoms with Gasteiger partial charge in [-0.15, -0.1) is 0 Å². The number of hydrogen-bond donors (Lipinski definition) is 0. The molecule has 0 radical (unpaired) electrons. The van der Waals surface area contributed by atoms with Crippen molar-refractivity contribution >= 4 is 29.2 Å². The molecule has 1 aromatic rings. The van der Waals surface area contributed by atoms with Crippen molar-refractivity contribution in [2.24, 2.45) is 5.92 Å². The van der Waals surface area contributed by atoms with Crippen molar-refractivity contribution in [1.29, 1.82) is 0 Å². The molecule has 3 rings (SSSR count). The molecule has 2 atom stereocenters. The van der Waals surface area contributed by atoms with Gasteiger partial charge in [0.15, 0.2) is 0 Å². The lowest BCUT2D eigenvalue weighted by Gasteiger charge is -2.45. The number of likely N-dealkylation sites (tertiary alicyclic amines) is 1. The molecule has 7 heteroatoms. The first kappa shape index (κ1) is 13.3. The predicted molar refractivity (Wildman–Crippen MR) is 75.8 cm³/mol. The summed E-state index contributed by atoms with van der Waals surface area (Å²) in [7, 11) is 2.23. The number of nitrogens with zero attached hydrogens (tertiary/aromatic N) is 5. The second-order valence-corrected chi connectivity index (χ2v) is 6.03. The van der Waals surface area contributed by atoms with Crippen LogP contribution in [0.2, 0.25) is 10.6 Å². The standard InChI is InChI=1S/C12H17Cl2N5/c1-18-5-2-3-8-7-19(6-4-9(8)18)12-16-10(13)15-11(14)17-12/h8-9H,2-7H2,1H3. The summed E-state index contributed by atoms with van der Waals surface area (Å²) in [6, 6.07) is 0.692. The highest BCUT2D eigenvalue weighted by Gasteiger charge is 2.35. The number of fused-ring (bicyclic) bond motifs is 1. The summed E-state index contributed by atoms with van der Waals surface area (Å²) in [6.45, 7) is 3.14. The molecule has 19 heavy (non-hydrogen) atoms. The Balaban J connectivity index is 1.77. The number of rotatable bonds is 1. The molecule has 0 saturated carbocycles. The fourth-order valence-corrected chi connectivity index (χ4v) is 3.65. The van der Waals surface area contributed by atoms with E-state index < -0.39 is 0 Å². The Morgan fingerprint density at radius 2 is 1.79 bits per heavy atom. The summed E-state index contributed by atoms with van der Waals surface area (Å²) in [5.74, 6) is 1.29. The van der Waals surface area contributed by atoms with E-state index in [4.69, 9.17) is 23.2 Å². The first-order chi connectivity index (χ1) is 9.13. The van der Waals surface area contributed by atoms with Gasteiger partial charge in [-0.3, -0.25) is 0 Å². The summed E-state index contributed by atoms with van der Waals surface area (Å²) in [5.41, 5.74) is 0. The lowest BCUT2D eigenvalue weighted by Crippen LogP contribution is -2.53. The van der Waals surface area contributed by atoms with E-state index in [0.717, 1.165) is 19.5 Å². The van der Waals surface area contributed by atoms with Crippen LogP contribution in [0, 0.1) is 5.92 Å². The van der Waals surface area contributed by atoms with Gasteiger partial charge in [-0.05, 0) is 62.0 Å². The van der Waals surface area contributed by atoms with Crippen molar-refractivity contribution in [1.82, 2.24) is 19.9 Å². The Hall–Kier alpha value is -0.650. The van der Waals surface area contributed by atoms with Crippen molar-refractivity contribution in [3.63, 3.8) is 0 Å². The molecule has 2 aliphatic rings. The Morgan fingerprint density at radius 1 is 1.05 bits per heavy atom. The van der Waals surface area contributed by atoms with Crippen LogP contribution in [0.25, 0.3) is 0 Å². The van der Waals surface area contributed by atoms with Gasteiger partial charge in [0.05, 0.1) is 0 Å². The lowest BCUT2D eigenvalue weighted by molar-refractivity contribution is 0.102. The quantitative estimate of drug-likeness (QED) is 0.795. The van der Waals surface area contributed by atoms with Gasteiger partial charge in [-0.2, -0.15) is 15.0 Å². The molecule has 0 bridgehead atoms. The summed E-state index contributed by atoms with van der Waals surface area (Å²) < 4.78 is 0. The fourth-order valence-electron chi connectivity index (χ4n) is 3.29. The van der Waals surface area contributed by atoms with Gasteiger partial charge in [0, 0.05) is 19.1 Å². The fraction of sp³-hybridized carbons (Fsp3) is 0.750. The molecule has 3 heterocycles. The third-order valence-corrected chi connectivity index (χ3v) is 4.54. The molecule has 0 spiro atoms. The highest BCUT2D eigenvalue weighted by Crippen LogP contribution is 2.31. The summed E-state index contributed by atoms with van der Waals surface area (Å²) in [6.07, 6.45) is 3.68. The van der Waals surface area contributed by atoms with E-state index in [9.17, 15) is 0 Å². The average molecular weight is 302 g/mol. The second kappa shape index (κ2) is 5.38. The Labute approximate surface area is 122 Å². The Kier molecular flexibility index (Phi) is 3.78. The van der Waals surface area contributed by atoms with Gasteiger partial charge < -0.3 is 9.80 Å². The van der Waals surface area contributed by atoms with Crippen molar-refractivity contribution in [2.75, 3.05) is 31.6 Å². The van der Waals surface area contributed by atoms with Crippen LogP contribution in [-0.2, 0) is 0 Å². The smallest absolute Gasteiger partial charge is 0.230 e. The summed E-state index contributed by atoms with van der Waals surface area (Å²) in [5, 5.41) is 0.329. The van der Waals surface area contributed by atoms with E-state index in [2.05, 4.69) is 31.8 Å². The van der Waals surface area contributed by atoms with Crippen LogP contribution in [0.5, 0.6) is 0 Å². The van der Waals surface area contributed by atoms with E-state index in [1.807, 2.05) is 0 Å². The molecule has 2 unspecified atom stereocenters. The molecule has 2 saturated heterocycles. The number of anilines is 1. The molecule has 5 nitrogen and oxygen atoms in total. The Bertz CT molecular complexity index is 449. The minimum atomic E-state index is 0.165. The minimum absolute atomic E-state index is 0.165. The van der Waals surface area contributed by atoms with E-state index >= 15 is 0 Å². The number of piperidine rings is 2. The largest absolute Gasteiger partial charge is 0.340 e. The first-order valence-corrected chi connectivity index (χ1v) is 7.41. The maximum Gasteiger partial charge on any atom is 0.230 e. The maximum absolute atomic E-state index is 5.85. The van der Waals surface area contributed by atoms with Gasteiger partial charge >= 0.3 is 0 Å². The van der Waals surface area contributed by atoms with Crippen molar-refractivity contribution in [3.8, 4) is 0 Å². The molecule has 104 valence electrons. The van der Waals surface area contributed by atoms with Crippen molar-refractivity contribution < 1.29 is 0 Å². The number of aromatic nitrogens is 3. The Morgan fingerprint density at radius 3 is 2.53 bits per heavy atom. The maximum atomic E-state index is 5.85. The monoisotopic (exact) mass is 301 g/mol. The third kappa shape index (κ3) is 2.78. The highest BCUT2D eigenvalue weighted by atomic mass is 35.5. The SMILES string of the molecule is CN1CCCC2CN(c3nc(Cl)nc(Cl)n3)CCC21. The van der Waals surface area contributed by atoms with Crippen molar-refractivity contribution in [2.45, 2.75) is 25.3 Å². The van der Waals surface area contributed by atoms with Gasteiger partial charge in [-0.1, -0.05) is 0 Å². The molecule has 0 N–H and O–H groups in total. The van der Waals surface area contributed by atoms with Crippen LogP contribution in [-0.4, -0.2) is 52.6 Å². The molecule has 2 aliphatic heterocycles. The molecule has 0 aromatic carbocycles. The first-order valence-electron chi connectivity index (χ1n) is 6.66. The molecule has 2 fully saturated rings. The number of hydrogen-bond acceptors (Lipinski definition) is 5. The molecular formula is C12H17Cl2N5. The van der Waals surface area contributed by atoms with E-state index in [-0.39, 0.29) is 10.6 Å². The molecule has 0 amide bonds. The molecule has 1 aromatic heterocycles. The van der Waals surface area contributed by atoms with E-state index in [1.165, 1.54) is 19.4 Å². The summed E-state index contributed by atoms with van der Waals surface area (Å²) in [4.78, 5) is 16.8. The highest BCUT2D eigenvalue weighted by molar-refractivity contribution is 6.31. The van der Waals surface area contributed by atoms with E-state index in [1.54, 1.807) is 0 Å². The summed E-state index contributed by atoms with van der Waals surface area (Å²) >= 11 is 11.7. The van der Waals surface area contributed by atoms with Gasteiger partial charge in [0.25, 0.3) is 0 Å². The third-order valence-electron chi connectivity index (χ3n) is 4.20. The average Bonchev–Trinajstić information content (AvgIpc) is 2.37. The van der Waals surface area contributed by atoms with Crippen LogP contribution in [0.15, 0.2) is 0 Å². The number of halogens is 2. The minimum Gasteiger partial charge on any atom is -0.340 e. The van der Waals surface area contributed by atoms with Crippen LogP contribution >= 0.6 is 23.2 Å². The zero-order valence-electron chi connectivity index (χ0n) is 10.9. The van der Waals surface area contributed by atoms with Gasteiger partial charge in [-0.25, -0.2) is 0 Å². The van der Waals surface area contributed by atoms with Gasteiger partial charge in [0.2, 0.25) is 16.5 Å². The van der Waals surface area contributed by atoms with Crippen LogP contribution < -0.4 is 4.90 Å². The van der Waals surface area contributed by atoms with Crippen LogP contribution in [0.1, 0.15) is 19.3 Å². The predicted octanol–water partition coefficient (Wildman–Crippen LogP) is 2.10. The van der Waals surface area contributed by atoms with E-state index in [0.29, 0.717) is 17.9 Å². The molecular weight excluding hydrogens is 285 g/mol. The normalized spacial score (nSPS) is 28.3. The zero-order valence-corrected chi connectivity index (χ0v) is 12.4.